The van der Waals surface area contributed by atoms with E-state index >= 15 is 0 Å². The molecule has 50 heavy (non-hydrogen) atoms. The fourth-order valence-corrected chi connectivity index (χ4v) is 9.73. The summed E-state index contributed by atoms with van der Waals surface area (Å²) in [5, 5.41) is 11.1. The minimum Gasteiger partial charge on any atom is -0.368 e. The second-order valence-electron chi connectivity index (χ2n) is 14.0. The van der Waals surface area contributed by atoms with E-state index in [0.717, 1.165) is 0 Å². The first-order valence-electron chi connectivity index (χ1n) is 17.5. The molecule has 16 nitrogen and oxygen atoms in total. The molecule has 5 saturated heterocycles. The molecule has 5 rings (SSSR count). The van der Waals surface area contributed by atoms with Crippen molar-refractivity contribution in [2.45, 2.75) is 114 Å². The van der Waals surface area contributed by atoms with E-state index in [9.17, 15) is 38.4 Å². The number of carbonyl (C=O) groups excluding carboxylic acids is 8. The maximum Gasteiger partial charge on any atom is 0.246 e. The Bertz CT molecular complexity index is 1380. The predicted octanol–water partition coefficient (Wildman–Crippen LogP) is -1.38. The van der Waals surface area contributed by atoms with Crippen molar-refractivity contribution in [1.82, 2.24) is 36.0 Å². The number of primary amides is 1. The molecule has 0 radical (unpaired) electrons. The van der Waals surface area contributed by atoms with Crippen LogP contribution in [0.2, 0.25) is 0 Å². The molecule has 5 aliphatic rings. The fourth-order valence-electron chi connectivity index (χ4n) is 7.42. The molecule has 0 aromatic heterocycles. The van der Waals surface area contributed by atoms with Crippen molar-refractivity contribution in [3.8, 4) is 0 Å². The summed E-state index contributed by atoms with van der Waals surface area (Å²) >= 11 is 0. The number of amides is 8. The van der Waals surface area contributed by atoms with E-state index in [1.807, 2.05) is 13.8 Å². The zero-order valence-electron chi connectivity index (χ0n) is 28.5. The van der Waals surface area contributed by atoms with Gasteiger partial charge in [-0.1, -0.05) is 35.4 Å². The smallest absolute Gasteiger partial charge is 0.246 e. The Morgan fingerprint density at radius 3 is 2.12 bits per heavy atom. The first kappa shape index (κ1) is 37.7. The number of likely N-dealkylation sites (tertiary alicyclic amines) is 1. The number of carbonyl (C=O) groups is 8. The van der Waals surface area contributed by atoms with Crippen LogP contribution in [0.25, 0.3) is 0 Å². The molecule has 5 aliphatic heterocycles. The summed E-state index contributed by atoms with van der Waals surface area (Å²) in [6, 6.07) is -6.39. The Hall–Kier alpha value is -3.54. The second-order valence-corrected chi connectivity index (χ2v) is 16.6. The molecule has 0 aliphatic carbocycles. The van der Waals surface area contributed by atoms with Crippen LogP contribution in [0.15, 0.2) is 0 Å². The summed E-state index contributed by atoms with van der Waals surface area (Å²) < 4.78 is 0. The number of nitrogens with one attached hydrogen (secondary N) is 4. The topological polar surface area (TPSA) is 220 Å². The minimum absolute atomic E-state index is 0.00105. The zero-order valence-corrected chi connectivity index (χ0v) is 30.2. The maximum atomic E-state index is 14.1. The van der Waals surface area contributed by atoms with E-state index in [1.165, 1.54) is 36.3 Å². The van der Waals surface area contributed by atoms with Crippen molar-refractivity contribution >= 4 is 68.8 Å². The summed E-state index contributed by atoms with van der Waals surface area (Å²) in [6.45, 7) is 4.73. The van der Waals surface area contributed by atoms with Gasteiger partial charge in [0.1, 0.15) is 42.3 Å². The van der Waals surface area contributed by atoms with Crippen LogP contribution in [-0.4, -0.2) is 135 Å². The second kappa shape index (κ2) is 16.7. The van der Waals surface area contributed by atoms with Gasteiger partial charge in [0.2, 0.25) is 47.3 Å². The lowest BCUT2D eigenvalue weighted by molar-refractivity contribution is -0.148. The average Bonchev–Trinajstić information content (AvgIpc) is 3.90. The van der Waals surface area contributed by atoms with Crippen LogP contribution in [0, 0.1) is 5.92 Å². The van der Waals surface area contributed by atoms with Crippen LogP contribution >= 0.6 is 21.6 Å². The zero-order chi connectivity index (χ0) is 36.1. The van der Waals surface area contributed by atoms with Gasteiger partial charge in [-0.3, -0.25) is 38.4 Å². The third-order valence-corrected chi connectivity index (χ3v) is 12.4. The Kier molecular flexibility index (Phi) is 12.6. The maximum absolute atomic E-state index is 14.1. The van der Waals surface area contributed by atoms with Gasteiger partial charge in [-0.15, -0.1) is 0 Å². The van der Waals surface area contributed by atoms with Crippen molar-refractivity contribution in [2.75, 3.05) is 31.1 Å². The summed E-state index contributed by atoms with van der Waals surface area (Å²) in [7, 11) is 2.42. The molecule has 5 fully saturated rings. The van der Waals surface area contributed by atoms with Gasteiger partial charge in [0.05, 0.1) is 0 Å². The van der Waals surface area contributed by atoms with Crippen LogP contribution in [0.3, 0.4) is 0 Å². The lowest BCUT2D eigenvalue weighted by atomic mass is 10.0. The van der Waals surface area contributed by atoms with Gasteiger partial charge in [-0.25, -0.2) is 0 Å². The molecule has 7 unspecified atom stereocenters. The van der Waals surface area contributed by atoms with Gasteiger partial charge in [0, 0.05) is 37.6 Å². The monoisotopic (exact) mass is 736 g/mol. The number of hydrogen-bond acceptors (Lipinski definition) is 10. The molecular formula is C32H48N8O8S2. The first-order valence-corrected chi connectivity index (χ1v) is 20.0. The van der Waals surface area contributed by atoms with E-state index in [1.54, 1.807) is 0 Å². The van der Waals surface area contributed by atoms with Crippen LogP contribution in [-0.2, 0) is 38.4 Å². The van der Waals surface area contributed by atoms with Crippen molar-refractivity contribution in [1.29, 1.82) is 0 Å². The van der Waals surface area contributed by atoms with Crippen LogP contribution in [0.1, 0.15) is 71.6 Å². The normalized spacial score (nSPS) is 31.5. The molecule has 6 N–H and O–H groups in total. The molecule has 0 aromatic carbocycles. The van der Waals surface area contributed by atoms with Gasteiger partial charge in [-0.2, -0.15) is 0 Å². The third kappa shape index (κ3) is 8.66. The molecule has 5 heterocycles. The summed E-state index contributed by atoms with van der Waals surface area (Å²) in [5.41, 5.74) is 5.60. The molecule has 18 heteroatoms. The van der Waals surface area contributed by atoms with E-state index in [-0.39, 0.29) is 42.1 Å². The number of rotatable bonds is 6. The standard InChI is InChI=1S/C32H48N8O8S2/c1-17(2)14-19-28(44)37-20(30(46)38-11-3-6-22(38)26(33)42)15-49-50-16-21(36-27(43)18-9-10-25(41)34-18)31(47)40-13-5-8-24(40)32(48)39-12-4-7-23(39)29(45)35-19/h17-24H,3-16H2,1-2H3,(H2,33,42)(H,34,41)(H,35,45)(H,36,43)(H,37,44). The largest absolute Gasteiger partial charge is 0.368 e. The Balaban J connectivity index is 1.44. The average molecular weight is 737 g/mol. The molecule has 8 amide bonds. The molecular weight excluding hydrogens is 689 g/mol. The van der Waals surface area contributed by atoms with E-state index in [4.69, 9.17) is 5.73 Å². The highest BCUT2D eigenvalue weighted by Crippen LogP contribution is 2.29. The highest BCUT2D eigenvalue weighted by Gasteiger charge is 2.45. The summed E-state index contributed by atoms with van der Waals surface area (Å²) in [6.07, 6.45) is 3.68. The van der Waals surface area contributed by atoms with Gasteiger partial charge < -0.3 is 41.7 Å². The molecule has 276 valence electrons. The quantitative estimate of drug-likeness (QED) is 0.201. The molecule has 7 atom stereocenters. The van der Waals surface area contributed by atoms with Crippen LogP contribution in [0.5, 0.6) is 0 Å². The number of nitrogens with two attached hydrogens (primary N) is 1. The fraction of sp³-hybridized carbons (Fsp3) is 0.750. The van der Waals surface area contributed by atoms with Crippen molar-refractivity contribution in [3.63, 3.8) is 0 Å². The van der Waals surface area contributed by atoms with Crippen molar-refractivity contribution < 1.29 is 38.4 Å². The SMILES string of the molecule is CC(C)CC1NC(=O)C2CCCN2C(=O)C2CCCN2C(=O)C(NC(=O)C2CCC(=O)N2)CSSCC(C(=O)N2CCCC2C(N)=O)NC1=O. The molecule has 0 spiro atoms. The summed E-state index contributed by atoms with van der Waals surface area (Å²) in [5.74, 6) is -3.60. The number of hydrogen-bond donors (Lipinski definition) is 5. The van der Waals surface area contributed by atoms with Crippen molar-refractivity contribution in [2.24, 2.45) is 11.7 Å². The number of nitrogens with zero attached hydrogens (tertiary/aromatic N) is 3. The lowest BCUT2D eigenvalue weighted by Gasteiger charge is -2.33. The van der Waals surface area contributed by atoms with Crippen LogP contribution < -0.4 is 27.0 Å². The lowest BCUT2D eigenvalue weighted by Crippen LogP contribution is -2.59. The van der Waals surface area contributed by atoms with Gasteiger partial charge >= 0.3 is 0 Å². The highest BCUT2D eigenvalue weighted by molar-refractivity contribution is 8.76. The Morgan fingerprint density at radius 2 is 1.46 bits per heavy atom. The van der Waals surface area contributed by atoms with Crippen LogP contribution in [0.4, 0.5) is 0 Å². The third-order valence-electron chi connectivity index (χ3n) is 9.96. The van der Waals surface area contributed by atoms with Gasteiger partial charge in [0.15, 0.2) is 0 Å². The summed E-state index contributed by atoms with van der Waals surface area (Å²) in [4.78, 5) is 111. The minimum atomic E-state index is -1.09. The van der Waals surface area contributed by atoms with E-state index < -0.39 is 77.7 Å². The van der Waals surface area contributed by atoms with E-state index in [0.29, 0.717) is 64.6 Å². The van der Waals surface area contributed by atoms with E-state index in [2.05, 4.69) is 21.3 Å². The molecule has 0 saturated carbocycles. The Morgan fingerprint density at radius 1 is 0.800 bits per heavy atom. The van der Waals surface area contributed by atoms with Gasteiger partial charge in [0.25, 0.3) is 0 Å². The predicted molar refractivity (Wildman–Crippen MR) is 185 cm³/mol. The molecule has 0 aromatic rings. The number of fused-ring (bicyclic) bond motifs is 2. The molecule has 0 bridgehead atoms. The van der Waals surface area contributed by atoms with Gasteiger partial charge in [-0.05, 0) is 57.3 Å². The Labute approximate surface area is 299 Å². The first-order chi connectivity index (χ1) is 23.8. The van der Waals surface area contributed by atoms with Crippen molar-refractivity contribution in [3.05, 3.63) is 0 Å². The highest BCUT2D eigenvalue weighted by atomic mass is 33.1.